The Balaban J connectivity index is 2.53. The highest BCUT2D eigenvalue weighted by molar-refractivity contribution is 4.98. The largest absolute Gasteiger partial charge is 0.394 e. The lowest BCUT2D eigenvalue weighted by Crippen LogP contribution is -2.51. The van der Waals surface area contributed by atoms with Crippen LogP contribution in [0.25, 0.3) is 0 Å². The molecule has 0 spiro atoms. The molecule has 1 fully saturated rings. The smallest absolute Gasteiger partial charge is 0.0616 e. The molecule has 0 aromatic heterocycles. The molecular formula is C11H23NO2. The van der Waals surface area contributed by atoms with Crippen molar-refractivity contribution in [3.05, 3.63) is 0 Å². The van der Waals surface area contributed by atoms with E-state index in [1.807, 2.05) is 0 Å². The highest BCUT2D eigenvalue weighted by Gasteiger charge is 2.40. The Labute approximate surface area is 86.8 Å². The zero-order valence-electron chi connectivity index (χ0n) is 9.38. The van der Waals surface area contributed by atoms with E-state index in [-0.39, 0.29) is 12.1 Å². The van der Waals surface area contributed by atoms with Crippen molar-refractivity contribution >= 4 is 0 Å². The molecule has 1 rings (SSSR count). The minimum absolute atomic E-state index is 0.0206. The van der Waals surface area contributed by atoms with Gasteiger partial charge >= 0.3 is 0 Å². The average molecular weight is 201 g/mol. The summed E-state index contributed by atoms with van der Waals surface area (Å²) in [6, 6.07) is 0. The number of rotatable bonds is 6. The van der Waals surface area contributed by atoms with Crippen LogP contribution in [0.2, 0.25) is 0 Å². The van der Waals surface area contributed by atoms with E-state index in [0.717, 1.165) is 26.0 Å². The van der Waals surface area contributed by atoms with Gasteiger partial charge in [-0.05, 0) is 31.7 Å². The summed E-state index contributed by atoms with van der Waals surface area (Å²) >= 11 is 0. The van der Waals surface area contributed by atoms with Crippen LogP contribution >= 0.6 is 0 Å². The number of nitrogens with one attached hydrogen (secondary N) is 1. The highest BCUT2D eigenvalue weighted by Crippen LogP contribution is 2.37. The van der Waals surface area contributed by atoms with Gasteiger partial charge in [-0.2, -0.15) is 0 Å². The van der Waals surface area contributed by atoms with E-state index in [2.05, 4.69) is 12.2 Å². The molecule has 2 atom stereocenters. The minimum atomic E-state index is -0.0206. The standard InChI is InChI=1S/C11H23NO2/c1-3-12-11(9-13)7-4-5-10(11)6-8-14-2/h10,12-13H,3-9H2,1-2H3. The summed E-state index contributed by atoms with van der Waals surface area (Å²) < 4.78 is 5.11. The molecule has 3 nitrogen and oxygen atoms in total. The number of ether oxygens (including phenoxy) is 1. The van der Waals surface area contributed by atoms with Crippen molar-refractivity contribution in [2.75, 3.05) is 26.9 Å². The van der Waals surface area contributed by atoms with Crippen LogP contribution in [-0.4, -0.2) is 37.5 Å². The molecular weight excluding hydrogens is 178 g/mol. The van der Waals surface area contributed by atoms with Crippen LogP contribution in [-0.2, 0) is 4.74 Å². The summed E-state index contributed by atoms with van der Waals surface area (Å²) in [6.45, 7) is 4.10. The van der Waals surface area contributed by atoms with Crippen molar-refractivity contribution in [3.8, 4) is 0 Å². The molecule has 0 aromatic rings. The van der Waals surface area contributed by atoms with Crippen LogP contribution in [0.15, 0.2) is 0 Å². The molecule has 0 heterocycles. The maximum absolute atomic E-state index is 9.51. The summed E-state index contributed by atoms with van der Waals surface area (Å²) in [5.41, 5.74) is -0.0206. The van der Waals surface area contributed by atoms with E-state index >= 15 is 0 Å². The Kier molecular flexibility index (Phi) is 4.85. The van der Waals surface area contributed by atoms with Gasteiger partial charge in [0.15, 0.2) is 0 Å². The van der Waals surface area contributed by atoms with Gasteiger partial charge in [-0.1, -0.05) is 13.3 Å². The van der Waals surface area contributed by atoms with Crippen molar-refractivity contribution in [2.24, 2.45) is 5.92 Å². The lowest BCUT2D eigenvalue weighted by molar-refractivity contribution is 0.0979. The first kappa shape index (κ1) is 12.0. The van der Waals surface area contributed by atoms with Gasteiger partial charge in [-0.15, -0.1) is 0 Å². The van der Waals surface area contributed by atoms with Crippen LogP contribution in [0, 0.1) is 5.92 Å². The maximum atomic E-state index is 9.51. The van der Waals surface area contributed by atoms with Crippen LogP contribution in [0.3, 0.4) is 0 Å². The number of methoxy groups -OCH3 is 1. The number of likely N-dealkylation sites (N-methyl/N-ethyl adjacent to an activating group) is 1. The molecule has 0 amide bonds. The quantitative estimate of drug-likeness (QED) is 0.677. The molecule has 14 heavy (non-hydrogen) atoms. The van der Waals surface area contributed by atoms with E-state index in [0.29, 0.717) is 5.92 Å². The minimum Gasteiger partial charge on any atom is -0.394 e. The molecule has 84 valence electrons. The predicted octanol–water partition coefficient (Wildman–Crippen LogP) is 1.16. The van der Waals surface area contributed by atoms with Gasteiger partial charge in [0.1, 0.15) is 0 Å². The number of aliphatic hydroxyl groups is 1. The molecule has 0 bridgehead atoms. The summed E-state index contributed by atoms with van der Waals surface area (Å²) in [7, 11) is 1.74. The third-order valence-corrected chi connectivity index (χ3v) is 3.44. The van der Waals surface area contributed by atoms with Crippen LogP contribution in [0.4, 0.5) is 0 Å². The van der Waals surface area contributed by atoms with Gasteiger partial charge in [-0.3, -0.25) is 0 Å². The second-order valence-electron chi connectivity index (χ2n) is 4.22. The zero-order chi connectivity index (χ0) is 10.4. The Morgan fingerprint density at radius 2 is 2.36 bits per heavy atom. The van der Waals surface area contributed by atoms with Gasteiger partial charge in [0, 0.05) is 19.3 Å². The fraction of sp³-hybridized carbons (Fsp3) is 1.00. The van der Waals surface area contributed by atoms with Gasteiger partial charge in [0.25, 0.3) is 0 Å². The summed E-state index contributed by atoms with van der Waals surface area (Å²) in [5.74, 6) is 0.576. The lowest BCUT2D eigenvalue weighted by Gasteiger charge is -2.34. The van der Waals surface area contributed by atoms with Crippen LogP contribution in [0.1, 0.15) is 32.6 Å². The van der Waals surface area contributed by atoms with Crippen molar-refractivity contribution < 1.29 is 9.84 Å². The van der Waals surface area contributed by atoms with Crippen molar-refractivity contribution in [1.29, 1.82) is 0 Å². The molecule has 0 radical (unpaired) electrons. The van der Waals surface area contributed by atoms with Crippen LogP contribution < -0.4 is 5.32 Å². The highest BCUT2D eigenvalue weighted by atomic mass is 16.5. The van der Waals surface area contributed by atoms with Crippen molar-refractivity contribution in [2.45, 2.75) is 38.1 Å². The van der Waals surface area contributed by atoms with E-state index < -0.39 is 0 Å². The first-order valence-corrected chi connectivity index (χ1v) is 5.64. The van der Waals surface area contributed by atoms with E-state index in [1.54, 1.807) is 7.11 Å². The molecule has 0 saturated heterocycles. The first-order valence-electron chi connectivity index (χ1n) is 5.64. The summed E-state index contributed by atoms with van der Waals surface area (Å²) in [5, 5.41) is 13.0. The van der Waals surface area contributed by atoms with Gasteiger partial charge in [-0.25, -0.2) is 0 Å². The molecule has 0 aliphatic heterocycles. The number of hydrogen-bond acceptors (Lipinski definition) is 3. The topological polar surface area (TPSA) is 41.5 Å². The van der Waals surface area contributed by atoms with Gasteiger partial charge in [0.05, 0.1) is 6.61 Å². The van der Waals surface area contributed by atoms with E-state index in [4.69, 9.17) is 4.74 Å². The zero-order valence-corrected chi connectivity index (χ0v) is 9.38. The summed E-state index contributed by atoms with van der Waals surface area (Å²) in [4.78, 5) is 0. The molecule has 1 saturated carbocycles. The third kappa shape index (κ3) is 2.47. The molecule has 1 aliphatic carbocycles. The molecule has 2 N–H and O–H groups in total. The van der Waals surface area contributed by atoms with Gasteiger partial charge < -0.3 is 15.2 Å². The fourth-order valence-electron chi connectivity index (χ4n) is 2.67. The first-order chi connectivity index (χ1) is 6.79. The number of hydrogen-bond donors (Lipinski definition) is 2. The van der Waals surface area contributed by atoms with Crippen molar-refractivity contribution in [3.63, 3.8) is 0 Å². The second-order valence-corrected chi connectivity index (χ2v) is 4.22. The predicted molar refractivity (Wildman–Crippen MR) is 57.3 cm³/mol. The van der Waals surface area contributed by atoms with Crippen molar-refractivity contribution in [1.82, 2.24) is 5.32 Å². The molecule has 3 heteroatoms. The average Bonchev–Trinajstić information content (AvgIpc) is 2.59. The van der Waals surface area contributed by atoms with E-state index in [1.165, 1.54) is 12.8 Å². The third-order valence-electron chi connectivity index (χ3n) is 3.44. The SMILES string of the molecule is CCNC1(CO)CCCC1CCOC. The monoisotopic (exact) mass is 201 g/mol. The number of aliphatic hydroxyl groups excluding tert-OH is 1. The van der Waals surface area contributed by atoms with Crippen LogP contribution in [0.5, 0.6) is 0 Å². The van der Waals surface area contributed by atoms with E-state index in [9.17, 15) is 5.11 Å². The van der Waals surface area contributed by atoms with Gasteiger partial charge in [0.2, 0.25) is 0 Å². The normalized spacial score (nSPS) is 32.4. The lowest BCUT2D eigenvalue weighted by atomic mass is 9.85. The Morgan fingerprint density at radius 1 is 1.57 bits per heavy atom. The summed E-state index contributed by atoms with van der Waals surface area (Å²) in [6.07, 6.45) is 4.61. The Hall–Kier alpha value is -0.120. The second kappa shape index (κ2) is 5.69. The Morgan fingerprint density at radius 3 is 2.93 bits per heavy atom. The molecule has 0 aromatic carbocycles. The molecule has 2 unspecified atom stereocenters. The Bertz CT molecular complexity index is 163. The maximum Gasteiger partial charge on any atom is 0.0616 e. The fourth-order valence-corrected chi connectivity index (χ4v) is 2.67. The molecule has 1 aliphatic rings.